The molecule has 0 radical (unpaired) electrons. The number of anilines is 5. The van der Waals surface area contributed by atoms with E-state index in [9.17, 15) is 19.2 Å². The topological polar surface area (TPSA) is 472 Å². The van der Waals surface area contributed by atoms with Crippen LogP contribution in [0.2, 0.25) is 0 Å². The van der Waals surface area contributed by atoms with E-state index in [-0.39, 0.29) is 64.4 Å². The summed E-state index contributed by atoms with van der Waals surface area (Å²) in [5.74, 6) is 22.8. The summed E-state index contributed by atoms with van der Waals surface area (Å²) in [6.07, 6.45) is 13.8. The molecule has 22 rings (SSSR count). The van der Waals surface area contributed by atoms with Crippen LogP contribution in [-0.4, -0.2) is 140 Å². The zero-order valence-corrected chi connectivity index (χ0v) is 80.1. The van der Waals surface area contributed by atoms with E-state index in [1.54, 1.807) is 70.4 Å². The number of pyridine rings is 2. The summed E-state index contributed by atoms with van der Waals surface area (Å²) >= 11 is 0. The van der Waals surface area contributed by atoms with Crippen LogP contribution in [0.4, 0.5) is 29.0 Å². The summed E-state index contributed by atoms with van der Waals surface area (Å²) in [7, 11) is 3.38. The third-order valence-electron chi connectivity index (χ3n) is 24.5. The maximum absolute atomic E-state index is 14.0. The Bertz CT molecular complexity index is 8970. The normalized spacial score (nSPS) is 12.3. The van der Waals surface area contributed by atoms with Gasteiger partial charge in [0.1, 0.15) is 120 Å². The van der Waals surface area contributed by atoms with E-state index in [0.717, 1.165) is 98.5 Å². The molecule has 14 heterocycles. The van der Waals surface area contributed by atoms with E-state index in [1.165, 1.54) is 25.3 Å². The van der Waals surface area contributed by atoms with Gasteiger partial charge in [-0.3, -0.25) is 42.1 Å². The van der Waals surface area contributed by atoms with E-state index in [4.69, 9.17) is 58.6 Å². The van der Waals surface area contributed by atoms with Gasteiger partial charge >= 0.3 is 0 Å². The molecule has 0 atom stereocenters. The van der Waals surface area contributed by atoms with Gasteiger partial charge < -0.3 is 33.7 Å². The summed E-state index contributed by atoms with van der Waals surface area (Å²) in [5.41, 5.74) is 41.2. The molecule has 2 aliphatic carbocycles. The predicted molar refractivity (Wildman–Crippen MR) is 550 cm³/mol. The highest BCUT2D eigenvalue weighted by molar-refractivity contribution is 6.00. The van der Waals surface area contributed by atoms with Crippen molar-refractivity contribution in [2.75, 3.05) is 35.3 Å². The molecule has 706 valence electrons. The predicted octanol–water partition coefficient (Wildman–Crippen LogP) is 13.3. The first-order valence-corrected chi connectivity index (χ1v) is 46.1. The standard InChI is InChI=1S/C30H26N6O.C27H26N8O.C25H25N9O.C24H21N9O/c1-18-8-6-12-22(14-18)27-26-28(31)32-17-33-29(26)35(34-27)16-23-15-21-11-7-10-20(3)25(21)30(37)36(23)24-13-5-4-9-19(24)2;1-16-8-6-7-9-19(16)35-20(32-24-21(26(35)36)17(2)11-13-29-24)14-34-25-22(23(28)30-15-31-25)18(33-34)10-12-27(3,4)5;1-14-6-4-5-7-18(14)34-19(31-21(15(2)26)22(28-3)25(34)35)12-33-24-20(23(27)29-13-30-24)17(32-33)11-10-16-8-9-16;1-31-21-18(12-28-31)29-19(33(24(21)34)16-7-3-2-4-8-16)13-32-23-20(22(25)26-14-27-23)17(30-32)9-5-6-15-10-11-15/h4-15,17H,16H2,1-3H3,(H2,31,32,33);6-9,11,13,15H,14H2,1-5H3,(H2,28,30,31);4-7,13,16,26,28H,8-9,12H2,1-3H3,(H2,27,29,30);2-4,7-8,12,14-15H,9-11,13H2,1H3,(H2,25,26,27). The quantitative estimate of drug-likeness (QED) is 0.0386. The van der Waals surface area contributed by atoms with E-state index in [1.807, 2.05) is 213 Å². The fourth-order valence-electron chi connectivity index (χ4n) is 17.2. The second-order valence-corrected chi connectivity index (χ2v) is 36.1. The number of hydrogen-bond donors (Lipinski definition) is 6. The fraction of sp³-hybridized carbons (Fsp3) is 0.226. The monoisotopic (exact) mass is 1880 g/mol. The first-order chi connectivity index (χ1) is 68.5. The molecule has 0 unspecified atom stereocenters. The van der Waals surface area contributed by atoms with E-state index >= 15 is 0 Å². The number of nitrogens with one attached hydrogen (secondary N) is 2. The Balaban J connectivity index is 0.000000120. The van der Waals surface area contributed by atoms with Crippen molar-refractivity contribution < 1.29 is 0 Å². The fourth-order valence-corrected chi connectivity index (χ4v) is 17.2. The summed E-state index contributed by atoms with van der Waals surface area (Å²) in [6.45, 7) is 20.3. The van der Waals surface area contributed by atoms with E-state index in [0.29, 0.717) is 160 Å². The third kappa shape index (κ3) is 18.3. The first kappa shape index (κ1) is 92.7. The van der Waals surface area contributed by atoms with Crippen molar-refractivity contribution in [3.63, 3.8) is 0 Å². The van der Waals surface area contributed by atoms with Gasteiger partial charge in [0.15, 0.2) is 33.8 Å². The lowest BCUT2D eigenvalue weighted by Crippen LogP contribution is -2.30. The summed E-state index contributed by atoms with van der Waals surface area (Å²) in [4.78, 5) is 108. The van der Waals surface area contributed by atoms with Crippen LogP contribution in [0.5, 0.6) is 0 Å². The zero-order chi connectivity index (χ0) is 99.2. The summed E-state index contributed by atoms with van der Waals surface area (Å²) in [6, 6.07) is 50.5. The van der Waals surface area contributed by atoms with Crippen molar-refractivity contribution in [1.29, 1.82) is 5.41 Å². The highest BCUT2D eigenvalue weighted by Gasteiger charge is 2.29. The molecule has 20 aromatic rings. The minimum absolute atomic E-state index is 0.0515. The molecule has 2 saturated carbocycles. The Morgan fingerprint density at radius 3 is 1.56 bits per heavy atom. The van der Waals surface area contributed by atoms with Crippen LogP contribution < -0.4 is 50.5 Å². The van der Waals surface area contributed by atoms with Crippen LogP contribution in [0.3, 0.4) is 0 Å². The lowest BCUT2D eigenvalue weighted by Gasteiger charge is -2.18. The van der Waals surface area contributed by atoms with Gasteiger partial charge in [-0.05, 0) is 188 Å². The van der Waals surface area contributed by atoms with Gasteiger partial charge in [0.25, 0.3) is 22.2 Å². The highest BCUT2D eigenvalue weighted by atomic mass is 16.1. The Hall–Kier alpha value is -18.4. The average molecular weight is 1880 g/mol. The van der Waals surface area contributed by atoms with Crippen LogP contribution in [0.1, 0.15) is 133 Å². The average Bonchev–Trinajstić information content (AvgIpc) is 0.965. The smallest absolute Gasteiger partial charge is 0.284 e. The Labute approximate surface area is 812 Å². The Kier molecular flexibility index (Phi) is 25.0. The van der Waals surface area contributed by atoms with Gasteiger partial charge in [0.05, 0.1) is 85.6 Å². The number of para-hydroxylation sites is 4. The molecule has 142 heavy (non-hydrogen) atoms. The van der Waals surface area contributed by atoms with E-state index < -0.39 is 0 Å². The van der Waals surface area contributed by atoms with Crippen molar-refractivity contribution in [1.82, 2.24) is 127 Å². The van der Waals surface area contributed by atoms with Gasteiger partial charge in [0, 0.05) is 48.8 Å². The number of hydrogen-bond acceptors (Lipinski definition) is 27. The second kappa shape index (κ2) is 38.3. The second-order valence-electron chi connectivity index (χ2n) is 36.1. The molecule has 0 bridgehead atoms. The van der Waals surface area contributed by atoms with Gasteiger partial charge in [-0.1, -0.05) is 138 Å². The molecule has 2 fully saturated rings. The van der Waals surface area contributed by atoms with Crippen molar-refractivity contribution in [2.24, 2.45) is 24.3 Å². The maximum atomic E-state index is 14.0. The van der Waals surface area contributed by atoms with Crippen LogP contribution in [0, 0.1) is 99.7 Å². The molecule has 0 saturated heterocycles. The SMILES string of the molecule is CNc1c(C(C)=N)nc(Cn2nc(C#CC3CC3)c3c(N)ncnc32)n(-c2ccccc2C)c1=O.Cc1cccc(-c2nn(Cc3cc4cccc(C)c4c(=O)n3-c3ccccc3C)c3ncnc(N)c23)c1.Cc1ccccc1-n1c(Cn2nc(C#CC(C)(C)C)c3c(N)ncnc32)nc2nccc(C)c2c1=O.Cn1ncc2nc(Cn3nc(CC#CC4CC4)c4c(N)ncnc43)n(-c3ccccc3)c(=O)c21. The first-order valence-electron chi connectivity index (χ1n) is 46.1. The van der Waals surface area contributed by atoms with Gasteiger partial charge in [-0.15, -0.1) is 0 Å². The molecule has 14 aromatic heterocycles. The minimum Gasteiger partial charge on any atom is -0.383 e. The molecular formula is C106H98N32O4. The van der Waals surface area contributed by atoms with Crippen LogP contribution in [0.25, 0.3) is 111 Å². The Morgan fingerprint density at radius 1 is 0.472 bits per heavy atom. The molecule has 0 spiro atoms. The zero-order valence-electron chi connectivity index (χ0n) is 80.1. The molecular weight excluding hydrogens is 1790 g/mol. The number of nitrogens with zero attached hydrogens (tertiary/aromatic N) is 26. The molecule has 6 aromatic carbocycles. The minimum atomic E-state index is -0.298. The number of aryl methyl sites for hydroxylation is 7. The van der Waals surface area contributed by atoms with Gasteiger partial charge in [-0.25, -0.2) is 78.5 Å². The highest BCUT2D eigenvalue weighted by Crippen LogP contribution is 2.36. The molecule has 0 amide bonds. The lowest BCUT2D eigenvalue weighted by atomic mass is 9.98. The molecule has 36 heteroatoms. The number of nitrogen functional groups attached to an aromatic ring is 4. The molecule has 10 N–H and O–H groups in total. The summed E-state index contributed by atoms with van der Waals surface area (Å²) < 4.78 is 15.0. The van der Waals surface area contributed by atoms with E-state index in [2.05, 4.69) is 108 Å². The number of benzene rings is 6. The Morgan fingerprint density at radius 2 is 0.972 bits per heavy atom. The van der Waals surface area contributed by atoms with Crippen molar-refractivity contribution in [3.05, 3.63) is 316 Å². The third-order valence-corrected chi connectivity index (χ3v) is 24.5. The number of nitrogens with two attached hydrogens (primary N) is 4. The number of aromatic nitrogens is 26. The maximum Gasteiger partial charge on any atom is 0.284 e. The van der Waals surface area contributed by atoms with Gasteiger partial charge in [0.2, 0.25) is 0 Å². The van der Waals surface area contributed by atoms with Crippen LogP contribution in [-0.2, 0) is 39.6 Å². The van der Waals surface area contributed by atoms with Crippen molar-refractivity contribution in [3.8, 4) is 69.5 Å². The number of rotatable bonds is 16. The van der Waals surface area contributed by atoms with Crippen LogP contribution in [0.15, 0.2) is 215 Å². The lowest BCUT2D eigenvalue weighted by molar-refractivity contribution is 0.570. The summed E-state index contributed by atoms with van der Waals surface area (Å²) in [5, 5.41) is 39.1. The largest absolute Gasteiger partial charge is 0.383 e. The molecule has 2 aliphatic rings. The molecule has 0 aliphatic heterocycles. The number of fused-ring (bicyclic) bond motifs is 7. The van der Waals surface area contributed by atoms with Gasteiger partial charge in [-0.2, -0.15) is 25.5 Å². The van der Waals surface area contributed by atoms with Crippen molar-refractivity contribution in [2.45, 2.75) is 128 Å². The molecule has 36 nitrogen and oxygen atoms in total. The van der Waals surface area contributed by atoms with Crippen LogP contribution >= 0.6 is 0 Å². The van der Waals surface area contributed by atoms with Crippen molar-refractivity contribution >= 4 is 112 Å².